The minimum atomic E-state index is -0.996. The molecule has 3 N–H and O–H groups in total. The lowest BCUT2D eigenvalue weighted by atomic mass is 10.0. The van der Waals surface area contributed by atoms with Crippen LogP contribution in [0.15, 0.2) is 84.0 Å². The molecule has 0 aliphatic carbocycles. The molecule has 2 aromatic heterocycles. The first-order valence-electron chi connectivity index (χ1n) is 19.0. The number of nitrogens with zero attached hydrogens (tertiary/aromatic N) is 6. The lowest BCUT2D eigenvalue weighted by molar-refractivity contribution is -0.136. The van der Waals surface area contributed by atoms with Gasteiger partial charge < -0.3 is 19.9 Å². The maximum Gasteiger partial charge on any atom is 0.263 e. The molecule has 2 saturated heterocycles. The first-order valence-corrected chi connectivity index (χ1v) is 20.0. The van der Waals surface area contributed by atoms with Crippen LogP contribution in [-0.4, -0.2) is 111 Å². The van der Waals surface area contributed by atoms with E-state index in [0.29, 0.717) is 54.1 Å². The molecule has 3 aliphatic rings. The third-order valence-corrected chi connectivity index (χ3v) is 11.3. The van der Waals surface area contributed by atoms with Crippen LogP contribution < -0.4 is 15.8 Å². The van der Waals surface area contributed by atoms with Gasteiger partial charge in [-0.05, 0) is 74.3 Å². The van der Waals surface area contributed by atoms with E-state index in [1.807, 2.05) is 59.3 Å². The first kappa shape index (κ1) is 38.2. The van der Waals surface area contributed by atoms with Gasteiger partial charge in [-0.2, -0.15) is 5.10 Å². The van der Waals surface area contributed by atoms with Gasteiger partial charge in [0.2, 0.25) is 11.8 Å². The molecular weight excluding hydrogens is 749 g/mol. The quantitative estimate of drug-likeness (QED) is 0.0844. The number of nitrogens with one attached hydrogen (secondary N) is 1. The highest BCUT2D eigenvalue weighted by Gasteiger charge is 2.45. The Morgan fingerprint density at radius 3 is 2.44 bits per heavy atom. The second-order valence-corrected chi connectivity index (χ2v) is 15.1. The summed E-state index contributed by atoms with van der Waals surface area (Å²) in [4.78, 5) is 63.3. The fourth-order valence-corrected chi connectivity index (χ4v) is 8.46. The SMILES string of the molecule is Nc1ncnc2c1c(-c1ccc(Oc3ccccc3)cc1)nn2[C@@H]1CCCN(CCOCCOCCSc2cccc3c2C(=O)N(C2CCC(=O)NC2=O)C3=O)C1. The number of anilines is 1. The molecule has 16 heteroatoms. The Hall–Kier alpha value is -5.68. The zero-order valence-corrected chi connectivity index (χ0v) is 32.0. The zero-order chi connectivity index (χ0) is 39.3. The minimum absolute atomic E-state index is 0.0757. The largest absolute Gasteiger partial charge is 0.457 e. The number of amides is 4. The maximum absolute atomic E-state index is 13.3. The number of thioether (sulfide) groups is 1. The van der Waals surface area contributed by atoms with Crippen molar-refractivity contribution in [2.75, 3.05) is 57.5 Å². The van der Waals surface area contributed by atoms with Crippen molar-refractivity contribution in [3.05, 3.63) is 90.3 Å². The normalized spacial score (nSPS) is 18.6. The molecule has 15 nitrogen and oxygen atoms in total. The van der Waals surface area contributed by atoms with Gasteiger partial charge >= 0.3 is 0 Å². The summed E-state index contributed by atoms with van der Waals surface area (Å²) in [5.41, 5.74) is 9.32. The number of carbonyl (C=O) groups is 4. The summed E-state index contributed by atoms with van der Waals surface area (Å²) in [6, 6.07) is 21.6. The van der Waals surface area contributed by atoms with Gasteiger partial charge in [0.15, 0.2) is 5.65 Å². The van der Waals surface area contributed by atoms with Gasteiger partial charge in [-0.15, -0.1) is 11.8 Å². The average Bonchev–Trinajstić information content (AvgIpc) is 3.74. The fraction of sp³-hybridized carbons (Fsp3) is 0.341. The van der Waals surface area contributed by atoms with E-state index >= 15 is 0 Å². The van der Waals surface area contributed by atoms with Gasteiger partial charge in [0.25, 0.3) is 11.8 Å². The van der Waals surface area contributed by atoms with E-state index in [2.05, 4.69) is 20.2 Å². The summed E-state index contributed by atoms with van der Waals surface area (Å²) in [7, 11) is 0. The minimum Gasteiger partial charge on any atom is -0.457 e. The van der Waals surface area contributed by atoms with E-state index in [1.165, 1.54) is 18.1 Å². The third-order valence-electron chi connectivity index (χ3n) is 10.3. The summed E-state index contributed by atoms with van der Waals surface area (Å²) < 4.78 is 19.7. The van der Waals surface area contributed by atoms with Crippen LogP contribution in [0.5, 0.6) is 11.5 Å². The number of imide groups is 2. The number of likely N-dealkylation sites (tertiary alicyclic amines) is 1. The van der Waals surface area contributed by atoms with Crippen LogP contribution in [0.25, 0.3) is 22.3 Å². The topological polar surface area (TPSA) is 184 Å². The summed E-state index contributed by atoms with van der Waals surface area (Å²) in [6.07, 6.45) is 3.65. The average molecular weight is 791 g/mol. The van der Waals surface area contributed by atoms with Crippen molar-refractivity contribution >= 4 is 52.2 Å². The molecule has 57 heavy (non-hydrogen) atoms. The Morgan fingerprint density at radius 2 is 1.63 bits per heavy atom. The van der Waals surface area contributed by atoms with Gasteiger partial charge in [-0.1, -0.05) is 24.3 Å². The van der Waals surface area contributed by atoms with Gasteiger partial charge in [0, 0.05) is 35.7 Å². The highest BCUT2D eigenvalue weighted by molar-refractivity contribution is 7.99. The Balaban J connectivity index is 0.789. The summed E-state index contributed by atoms with van der Waals surface area (Å²) in [5, 5.41) is 8.03. The molecule has 2 fully saturated rings. The molecule has 2 atom stereocenters. The Labute approximate surface area is 332 Å². The summed E-state index contributed by atoms with van der Waals surface area (Å²) >= 11 is 1.42. The van der Waals surface area contributed by atoms with Gasteiger partial charge in [-0.3, -0.25) is 34.3 Å². The molecule has 0 bridgehead atoms. The van der Waals surface area contributed by atoms with E-state index in [9.17, 15) is 19.2 Å². The molecule has 8 rings (SSSR count). The van der Waals surface area contributed by atoms with Gasteiger partial charge in [0.1, 0.15) is 35.4 Å². The van der Waals surface area contributed by atoms with E-state index in [0.717, 1.165) is 65.5 Å². The lowest BCUT2D eigenvalue weighted by Crippen LogP contribution is -2.54. The summed E-state index contributed by atoms with van der Waals surface area (Å²) in [6.45, 7) is 4.35. The van der Waals surface area contributed by atoms with Gasteiger partial charge in [-0.25, -0.2) is 14.6 Å². The van der Waals surface area contributed by atoms with Crippen molar-refractivity contribution in [1.29, 1.82) is 0 Å². The Bertz CT molecular complexity index is 2290. The molecule has 0 saturated carbocycles. The van der Waals surface area contributed by atoms with Crippen LogP contribution in [0.2, 0.25) is 0 Å². The Morgan fingerprint density at radius 1 is 0.842 bits per heavy atom. The van der Waals surface area contributed by atoms with E-state index in [4.69, 9.17) is 25.0 Å². The standard InChI is InChI=1S/C41H42N8O7S/c42-37-35-36(26-11-13-29(14-12-26)56-28-7-2-1-3-8-28)46-49(38(35)44-25-43-37)27-6-5-17-47(24-27)18-19-54-20-21-55-22-23-57-32-10-4-9-30-34(32)41(53)48(40(30)52)31-15-16-33(50)45-39(31)51/h1-4,7-14,25,27,31H,5-6,15-24H2,(H2,42,43,44)(H,45,50,51)/t27-,31?/m1/s1. The maximum atomic E-state index is 13.3. The highest BCUT2D eigenvalue weighted by atomic mass is 32.2. The Kier molecular flexibility index (Phi) is 11.5. The molecule has 0 spiro atoms. The number of fused-ring (bicyclic) bond motifs is 2. The second-order valence-electron chi connectivity index (χ2n) is 14.0. The zero-order valence-electron chi connectivity index (χ0n) is 31.2. The number of carbonyl (C=O) groups excluding carboxylic acids is 4. The van der Waals surface area contributed by atoms with Crippen molar-refractivity contribution < 1.29 is 33.4 Å². The van der Waals surface area contributed by atoms with Crippen molar-refractivity contribution in [2.45, 2.75) is 42.7 Å². The number of aromatic nitrogens is 4. The van der Waals surface area contributed by atoms with Crippen molar-refractivity contribution in [2.24, 2.45) is 0 Å². The molecule has 3 aromatic carbocycles. The van der Waals surface area contributed by atoms with E-state index < -0.39 is 29.7 Å². The number of hydrogen-bond acceptors (Lipinski definition) is 13. The molecule has 4 amide bonds. The van der Waals surface area contributed by atoms with Crippen molar-refractivity contribution in [1.82, 2.24) is 34.9 Å². The molecule has 1 unspecified atom stereocenters. The molecule has 294 valence electrons. The third kappa shape index (κ3) is 8.25. The molecule has 5 heterocycles. The van der Waals surface area contributed by atoms with Crippen LogP contribution in [-0.2, 0) is 19.1 Å². The van der Waals surface area contributed by atoms with Crippen molar-refractivity contribution in [3.8, 4) is 22.8 Å². The number of nitrogen functional groups attached to an aromatic ring is 1. The molecule has 0 radical (unpaired) electrons. The number of piperidine rings is 2. The first-order chi connectivity index (χ1) is 27.9. The van der Waals surface area contributed by atoms with Crippen LogP contribution in [0.1, 0.15) is 52.4 Å². The number of nitrogens with two attached hydrogens (primary N) is 1. The molecular formula is C41H42N8O7S. The number of rotatable bonds is 15. The van der Waals surface area contributed by atoms with Crippen LogP contribution in [0.3, 0.4) is 0 Å². The number of ether oxygens (including phenoxy) is 3. The lowest BCUT2D eigenvalue weighted by Gasteiger charge is -2.32. The van der Waals surface area contributed by atoms with E-state index in [1.54, 1.807) is 18.2 Å². The number of para-hydroxylation sites is 1. The smallest absolute Gasteiger partial charge is 0.263 e. The van der Waals surface area contributed by atoms with E-state index in [-0.39, 0.29) is 24.4 Å². The predicted octanol–water partition coefficient (Wildman–Crippen LogP) is 4.73. The number of benzene rings is 3. The van der Waals surface area contributed by atoms with Crippen LogP contribution >= 0.6 is 11.8 Å². The predicted molar refractivity (Wildman–Crippen MR) is 212 cm³/mol. The van der Waals surface area contributed by atoms with Crippen LogP contribution in [0.4, 0.5) is 5.82 Å². The fourth-order valence-electron chi connectivity index (χ4n) is 7.52. The summed E-state index contributed by atoms with van der Waals surface area (Å²) in [5.74, 6) is 0.370. The van der Waals surface area contributed by atoms with Gasteiger partial charge in [0.05, 0.1) is 49.0 Å². The highest BCUT2D eigenvalue weighted by Crippen LogP contribution is 2.36. The van der Waals surface area contributed by atoms with Crippen LogP contribution in [0, 0.1) is 0 Å². The van der Waals surface area contributed by atoms with Crippen molar-refractivity contribution in [3.63, 3.8) is 0 Å². The molecule has 5 aromatic rings. The molecule has 3 aliphatic heterocycles. The monoisotopic (exact) mass is 790 g/mol. The number of hydrogen-bond donors (Lipinski definition) is 2. The second kappa shape index (κ2) is 17.2.